The van der Waals surface area contributed by atoms with E-state index in [4.69, 9.17) is 33.2 Å². The normalized spacial score (nSPS) is 30.1. The number of hydrogen-bond acceptors (Lipinski definition) is 13. The highest BCUT2D eigenvalue weighted by molar-refractivity contribution is 5.91. The molecule has 2 saturated carbocycles. The molecule has 3 aromatic carbocycles. The molecule has 1 aliphatic heterocycles. The first-order valence-corrected chi connectivity index (χ1v) is 18.1. The first-order chi connectivity index (χ1) is 26.1. The van der Waals surface area contributed by atoms with Crippen molar-refractivity contribution in [2.24, 2.45) is 17.3 Å². The molecule has 3 aromatic rings. The number of hydrogen-bond donors (Lipinski definition) is 0. The third kappa shape index (κ3) is 7.08. The number of benzene rings is 3. The highest BCUT2D eigenvalue weighted by atomic mass is 16.6. The predicted octanol–water partition coefficient (Wildman–Crippen LogP) is 5.29. The van der Waals surface area contributed by atoms with E-state index in [1.54, 1.807) is 99.6 Å². The molecule has 2 bridgehead atoms. The Kier molecular flexibility index (Phi) is 10.9. The quantitative estimate of drug-likeness (QED) is 0.194. The molecule has 1 heterocycles. The van der Waals surface area contributed by atoms with E-state index in [0.29, 0.717) is 0 Å². The third-order valence-corrected chi connectivity index (χ3v) is 10.9. The van der Waals surface area contributed by atoms with Crippen LogP contribution < -0.4 is 0 Å². The van der Waals surface area contributed by atoms with Crippen molar-refractivity contribution < 1.29 is 61.9 Å². The number of fused-ring (bicyclic) bond motifs is 1. The van der Waals surface area contributed by atoms with Gasteiger partial charge in [0, 0.05) is 20.8 Å². The van der Waals surface area contributed by atoms with E-state index in [2.05, 4.69) is 0 Å². The van der Waals surface area contributed by atoms with Crippen LogP contribution in [0, 0.1) is 17.3 Å². The van der Waals surface area contributed by atoms with Gasteiger partial charge in [-0.2, -0.15) is 0 Å². The number of carbonyl (C=O) groups excluding carboxylic acids is 6. The lowest BCUT2D eigenvalue weighted by atomic mass is 9.47. The predicted molar refractivity (Wildman–Crippen MR) is 192 cm³/mol. The molecular weight excluding hydrogens is 712 g/mol. The Bertz CT molecular complexity index is 1930. The Morgan fingerprint density at radius 3 is 1.53 bits per heavy atom. The van der Waals surface area contributed by atoms with Gasteiger partial charge in [0.15, 0.2) is 12.2 Å². The highest BCUT2D eigenvalue weighted by Crippen LogP contribution is 2.68. The Morgan fingerprint density at radius 1 is 0.600 bits per heavy atom. The maximum Gasteiger partial charge on any atom is 0.338 e. The van der Waals surface area contributed by atoms with E-state index >= 15 is 0 Å². The Balaban J connectivity index is 1.65. The van der Waals surface area contributed by atoms with E-state index < -0.39 is 101 Å². The van der Waals surface area contributed by atoms with Gasteiger partial charge in [-0.15, -0.1) is 0 Å². The van der Waals surface area contributed by atoms with E-state index in [-0.39, 0.29) is 23.1 Å². The van der Waals surface area contributed by atoms with Crippen molar-refractivity contribution in [3.8, 4) is 0 Å². The van der Waals surface area contributed by atoms with Gasteiger partial charge in [0.1, 0.15) is 35.9 Å². The van der Waals surface area contributed by atoms with Gasteiger partial charge in [-0.1, -0.05) is 61.5 Å². The molecule has 290 valence electrons. The average molecular weight is 757 g/mol. The minimum absolute atomic E-state index is 0.00721. The molecule has 3 aliphatic rings. The summed E-state index contributed by atoms with van der Waals surface area (Å²) in [5, 5.41) is 0. The molecule has 0 unspecified atom stereocenters. The average Bonchev–Trinajstić information content (AvgIpc) is 3.34. The fraction of sp³-hybridized carbons (Fsp3) is 0.429. The van der Waals surface area contributed by atoms with Crippen LogP contribution in [0.25, 0.3) is 0 Å². The first kappa shape index (κ1) is 39.1. The van der Waals surface area contributed by atoms with E-state index in [1.165, 1.54) is 19.1 Å². The standard InChI is InChI=1S/C42H44O13/c1-24-22-31(52-37(46)28-16-10-7-11-17-28)34(50-26(3)44)41(23-49-25(2)43)36(54-39(48)30-20-14-9-15-21-30)33(53-38(47)29-18-12-8-13-19-29)32-35(51-27(4)45)42(24,41)55-40(32,5)6/h7-21,24,31-36H,22-23H2,1-6H3/t24-,31+,32-,33-,34+,35-,36-,41+,42-/m1/s1. The monoisotopic (exact) mass is 756 g/mol. The van der Waals surface area contributed by atoms with Crippen molar-refractivity contribution in [1.29, 1.82) is 0 Å². The molecule has 9 atom stereocenters. The lowest BCUT2D eigenvalue weighted by Gasteiger charge is -2.64. The zero-order valence-electron chi connectivity index (χ0n) is 31.4. The van der Waals surface area contributed by atoms with Crippen LogP contribution in [-0.4, -0.2) is 84.1 Å². The van der Waals surface area contributed by atoms with Crippen molar-refractivity contribution in [1.82, 2.24) is 0 Å². The van der Waals surface area contributed by atoms with Gasteiger partial charge in [0.05, 0.1) is 28.2 Å². The Morgan fingerprint density at radius 2 is 1.05 bits per heavy atom. The largest absolute Gasteiger partial charge is 0.465 e. The molecule has 0 amide bonds. The molecule has 1 saturated heterocycles. The maximum atomic E-state index is 14.3. The number of ether oxygens (including phenoxy) is 7. The molecule has 6 rings (SSSR count). The molecule has 1 spiro atoms. The molecule has 2 aliphatic carbocycles. The molecule has 3 fully saturated rings. The molecule has 13 nitrogen and oxygen atoms in total. The fourth-order valence-electron chi connectivity index (χ4n) is 8.95. The fourth-order valence-corrected chi connectivity index (χ4v) is 8.95. The summed E-state index contributed by atoms with van der Waals surface area (Å²) in [4.78, 5) is 81.3. The lowest BCUT2D eigenvalue weighted by Crippen LogP contribution is -2.81. The Labute approximate surface area is 318 Å². The summed E-state index contributed by atoms with van der Waals surface area (Å²) in [5.41, 5.74) is -4.67. The van der Waals surface area contributed by atoms with Crippen molar-refractivity contribution in [3.63, 3.8) is 0 Å². The number of rotatable bonds is 10. The number of carbonyl (C=O) groups is 6. The summed E-state index contributed by atoms with van der Waals surface area (Å²) in [5.74, 6) is -6.48. The van der Waals surface area contributed by atoms with E-state index in [1.807, 2.05) is 0 Å². The summed E-state index contributed by atoms with van der Waals surface area (Å²) < 4.78 is 44.4. The van der Waals surface area contributed by atoms with Gasteiger partial charge in [-0.3, -0.25) is 14.4 Å². The first-order valence-electron chi connectivity index (χ1n) is 18.1. The van der Waals surface area contributed by atoms with Crippen molar-refractivity contribution in [3.05, 3.63) is 108 Å². The smallest absolute Gasteiger partial charge is 0.338 e. The third-order valence-electron chi connectivity index (χ3n) is 10.9. The van der Waals surface area contributed by atoms with Crippen molar-refractivity contribution >= 4 is 35.8 Å². The molecule has 13 heteroatoms. The maximum absolute atomic E-state index is 14.3. The van der Waals surface area contributed by atoms with Crippen LogP contribution >= 0.6 is 0 Å². The zero-order chi connectivity index (χ0) is 39.7. The summed E-state index contributed by atoms with van der Waals surface area (Å²) in [7, 11) is 0. The SMILES string of the molecule is CC(=O)OC[C@]12[C@H](OC(=O)c3ccccc3)[C@H](OC(=O)c3ccccc3)[C@@H]3[C@@H](OC(C)=O)[C@]1(OC3(C)C)[C@H](C)C[C@H](OC(=O)c1ccccc1)[C@@H]2OC(C)=O. The van der Waals surface area contributed by atoms with Gasteiger partial charge in [0.25, 0.3) is 0 Å². The molecular formula is C42H44O13. The second-order valence-electron chi connectivity index (χ2n) is 14.8. The van der Waals surface area contributed by atoms with Crippen molar-refractivity contribution in [2.75, 3.05) is 6.61 Å². The molecule has 55 heavy (non-hydrogen) atoms. The number of esters is 6. The van der Waals surface area contributed by atoms with Crippen LogP contribution in [0.3, 0.4) is 0 Å². The van der Waals surface area contributed by atoms with Crippen LogP contribution in [-0.2, 0) is 47.5 Å². The zero-order valence-corrected chi connectivity index (χ0v) is 31.4. The second kappa shape index (κ2) is 15.3. The van der Waals surface area contributed by atoms with Gasteiger partial charge >= 0.3 is 35.8 Å². The van der Waals surface area contributed by atoms with E-state index in [0.717, 1.165) is 13.8 Å². The van der Waals surface area contributed by atoms with Crippen LogP contribution in [0.2, 0.25) is 0 Å². The van der Waals surface area contributed by atoms with Gasteiger partial charge in [-0.05, 0) is 62.6 Å². The van der Waals surface area contributed by atoms with Crippen LogP contribution in [0.5, 0.6) is 0 Å². The van der Waals surface area contributed by atoms with Gasteiger partial charge in [-0.25, -0.2) is 14.4 Å². The Hall–Kier alpha value is -5.56. The van der Waals surface area contributed by atoms with Crippen LogP contribution in [0.1, 0.15) is 79.0 Å². The highest BCUT2D eigenvalue weighted by Gasteiger charge is 2.86. The van der Waals surface area contributed by atoms with Gasteiger partial charge < -0.3 is 33.2 Å². The van der Waals surface area contributed by atoms with Crippen LogP contribution in [0.15, 0.2) is 91.0 Å². The summed E-state index contributed by atoms with van der Waals surface area (Å²) >= 11 is 0. The van der Waals surface area contributed by atoms with Crippen LogP contribution in [0.4, 0.5) is 0 Å². The summed E-state index contributed by atoms with van der Waals surface area (Å²) in [6, 6.07) is 24.3. The van der Waals surface area contributed by atoms with E-state index in [9.17, 15) is 28.8 Å². The van der Waals surface area contributed by atoms with Gasteiger partial charge in [0.2, 0.25) is 0 Å². The molecule has 0 aromatic heterocycles. The summed E-state index contributed by atoms with van der Waals surface area (Å²) in [6.45, 7) is 8.06. The minimum Gasteiger partial charge on any atom is -0.465 e. The molecule has 0 radical (unpaired) electrons. The second-order valence-corrected chi connectivity index (χ2v) is 14.8. The summed E-state index contributed by atoms with van der Waals surface area (Å²) in [6.07, 6.45) is -7.30. The topological polar surface area (TPSA) is 167 Å². The van der Waals surface area contributed by atoms with Crippen molar-refractivity contribution in [2.45, 2.75) is 89.7 Å². The molecule has 0 N–H and O–H groups in total. The minimum atomic E-state index is -2.07. The lowest BCUT2D eigenvalue weighted by molar-refractivity contribution is -0.327.